The highest BCUT2D eigenvalue weighted by atomic mass is 79.9. The first kappa shape index (κ1) is 15.2. The van der Waals surface area contributed by atoms with E-state index >= 15 is 0 Å². The fourth-order valence-electron chi connectivity index (χ4n) is 1.58. The van der Waals surface area contributed by atoms with Crippen molar-refractivity contribution in [1.29, 1.82) is 0 Å². The molecule has 6 heteroatoms. The van der Waals surface area contributed by atoms with Crippen LogP contribution in [-0.4, -0.2) is 28.2 Å². The van der Waals surface area contributed by atoms with Gasteiger partial charge in [0.25, 0.3) is 0 Å². The zero-order valence-electron chi connectivity index (χ0n) is 9.88. The number of ketones is 1. The molecule has 0 saturated heterocycles. The van der Waals surface area contributed by atoms with Crippen LogP contribution >= 0.6 is 27.7 Å². The number of aliphatic hydroxyl groups excluding tert-OH is 1. The van der Waals surface area contributed by atoms with Crippen LogP contribution in [0.3, 0.4) is 0 Å². The van der Waals surface area contributed by atoms with Gasteiger partial charge in [-0.1, -0.05) is 28.1 Å². The Balaban J connectivity index is 3.42. The van der Waals surface area contributed by atoms with E-state index in [1.807, 2.05) is 6.26 Å². The Morgan fingerprint density at radius 1 is 1.39 bits per heavy atom. The molecule has 2 atom stereocenters. The first-order valence-corrected chi connectivity index (χ1v) is 7.26. The molecule has 0 bridgehead atoms. The number of hydrogen-bond donors (Lipinski definition) is 2. The third kappa shape index (κ3) is 3.13. The van der Waals surface area contributed by atoms with E-state index in [0.717, 1.165) is 4.90 Å². The lowest BCUT2D eigenvalue weighted by Gasteiger charge is -2.18. The van der Waals surface area contributed by atoms with E-state index in [-0.39, 0.29) is 11.3 Å². The highest BCUT2D eigenvalue weighted by Gasteiger charge is 2.26. The fourth-order valence-corrected chi connectivity index (χ4v) is 2.92. The van der Waals surface area contributed by atoms with Gasteiger partial charge in [-0.2, -0.15) is 0 Å². The van der Waals surface area contributed by atoms with E-state index in [2.05, 4.69) is 15.9 Å². The van der Waals surface area contributed by atoms with Gasteiger partial charge in [0.15, 0.2) is 6.10 Å². The van der Waals surface area contributed by atoms with Gasteiger partial charge in [0.1, 0.15) is 5.78 Å². The molecule has 0 aliphatic carbocycles. The molecule has 0 saturated carbocycles. The molecule has 2 unspecified atom stereocenters. The maximum Gasteiger partial charge on any atom is 0.337 e. The van der Waals surface area contributed by atoms with Gasteiger partial charge in [-0.3, -0.25) is 4.79 Å². The summed E-state index contributed by atoms with van der Waals surface area (Å²) >= 11 is 4.64. The van der Waals surface area contributed by atoms with Crippen LogP contribution in [0.15, 0.2) is 23.1 Å². The number of aliphatic hydroxyl groups is 1. The number of carboxylic acid groups (broad SMARTS) is 1. The molecule has 0 aromatic heterocycles. The first-order valence-electron chi connectivity index (χ1n) is 5.12. The van der Waals surface area contributed by atoms with Gasteiger partial charge < -0.3 is 10.2 Å². The summed E-state index contributed by atoms with van der Waals surface area (Å²) in [5.41, 5.74) is 0.763. The van der Waals surface area contributed by atoms with Crippen LogP contribution in [0.4, 0.5) is 0 Å². The van der Waals surface area contributed by atoms with E-state index in [0.29, 0.717) is 5.56 Å². The highest BCUT2D eigenvalue weighted by molar-refractivity contribution is 9.09. The maximum absolute atomic E-state index is 11.5. The van der Waals surface area contributed by atoms with E-state index in [9.17, 15) is 14.7 Å². The van der Waals surface area contributed by atoms with Crippen molar-refractivity contribution >= 4 is 39.4 Å². The Morgan fingerprint density at radius 2 is 2.00 bits per heavy atom. The van der Waals surface area contributed by atoms with Gasteiger partial charge in [0.2, 0.25) is 0 Å². The molecule has 0 heterocycles. The second kappa shape index (κ2) is 6.36. The standard InChI is InChI=1S/C12H13BrO4S/c1-6(14)10(13)9-7(11(15)12(16)17)4-3-5-8(9)18-2/h3-5,10-11,15H,1-2H3,(H,16,17). The van der Waals surface area contributed by atoms with Gasteiger partial charge in [0.05, 0.1) is 4.83 Å². The number of benzene rings is 1. The second-order valence-electron chi connectivity index (χ2n) is 3.68. The molecule has 2 N–H and O–H groups in total. The van der Waals surface area contributed by atoms with E-state index in [1.54, 1.807) is 12.1 Å². The predicted molar refractivity (Wildman–Crippen MR) is 73.2 cm³/mol. The van der Waals surface area contributed by atoms with Gasteiger partial charge in [-0.05, 0) is 30.4 Å². The number of hydrogen-bond acceptors (Lipinski definition) is 4. The molecule has 0 spiro atoms. The quantitative estimate of drug-likeness (QED) is 0.640. The Morgan fingerprint density at radius 3 is 2.44 bits per heavy atom. The number of carbonyl (C=O) groups is 2. The second-order valence-corrected chi connectivity index (χ2v) is 5.44. The van der Waals surface area contributed by atoms with Crippen molar-refractivity contribution < 1.29 is 19.8 Å². The van der Waals surface area contributed by atoms with Gasteiger partial charge >= 0.3 is 5.97 Å². The van der Waals surface area contributed by atoms with Gasteiger partial charge in [-0.25, -0.2) is 4.79 Å². The molecule has 98 valence electrons. The molecule has 0 amide bonds. The summed E-state index contributed by atoms with van der Waals surface area (Å²) in [6.07, 6.45) is 0.196. The number of thioether (sulfide) groups is 1. The summed E-state index contributed by atoms with van der Waals surface area (Å²) in [5.74, 6) is -1.48. The Labute approximate surface area is 118 Å². The largest absolute Gasteiger partial charge is 0.479 e. The van der Waals surface area contributed by atoms with Crippen LogP contribution in [0.2, 0.25) is 0 Å². The van der Waals surface area contributed by atoms with Gasteiger partial charge in [0, 0.05) is 4.90 Å². The van der Waals surface area contributed by atoms with Crippen LogP contribution in [0.25, 0.3) is 0 Å². The molecule has 1 rings (SSSR count). The van der Waals surface area contributed by atoms with Crippen LogP contribution in [-0.2, 0) is 9.59 Å². The Hall–Kier alpha value is -0.850. The van der Waals surface area contributed by atoms with Crippen molar-refractivity contribution in [3.63, 3.8) is 0 Å². The van der Waals surface area contributed by atoms with E-state index in [4.69, 9.17) is 5.11 Å². The first-order chi connectivity index (χ1) is 8.40. The van der Waals surface area contributed by atoms with Gasteiger partial charge in [-0.15, -0.1) is 11.8 Å². The Bertz CT molecular complexity index is 475. The monoisotopic (exact) mass is 332 g/mol. The molecule has 1 aromatic rings. The summed E-state index contributed by atoms with van der Waals surface area (Å²) in [4.78, 5) is 22.5. The number of carboxylic acids is 1. The number of aliphatic carboxylic acids is 1. The molecule has 0 radical (unpaired) electrons. The minimum atomic E-state index is -1.63. The summed E-state index contributed by atoms with van der Waals surface area (Å²) in [6, 6.07) is 4.97. The molecular formula is C12H13BrO4S. The van der Waals surface area contributed by atoms with E-state index < -0.39 is 16.9 Å². The van der Waals surface area contributed by atoms with Crippen molar-refractivity contribution in [2.24, 2.45) is 0 Å². The SMILES string of the molecule is CSc1cccc(C(O)C(=O)O)c1C(Br)C(C)=O. The normalized spacial score (nSPS) is 14.0. The number of rotatable bonds is 5. The smallest absolute Gasteiger partial charge is 0.337 e. The minimum absolute atomic E-state index is 0.143. The molecule has 18 heavy (non-hydrogen) atoms. The zero-order valence-corrected chi connectivity index (χ0v) is 12.3. The van der Waals surface area contributed by atoms with Crippen molar-refractivity contribution in [2.75, 3.05) is 6.26 Å². The third-order valence-electron chi connectivity index (χ3n) is 2.46. The average molecular weight is 333 g/mol. The number of carbonyl (C=O) groups excluding carboxylic acids is 1. The maximum atomic E-state index is 11.5. The van der Waals surface area contributed by atoms with Crippen molar-refractivity contribution in [1.82, 2.24) is 0 Å². The van der Waals surface area contributed by atoms with Crippen LogP contribution in [0.5, 0.6) is 0 Å². The zero-order chi connectivity index (χ0) is 13.9. The van der Waals surface area contributed by atoms with Crippen LogP contribution in [0.1, 0.15) is 29.0 Å². The molecule has 0 aliphatic rings. The van der Waals surface area contributed by atoms with Crippen LogP contribution < -0.4 is 0 Å². The third-order valence-corrected chi connectivity index (χ3v) is 4.36. The minimum Gasteiger partial charge on any atom is -0.479 e. The van der Waals surface area contributed by atoms with Crippen LogP contribution in [0, 0.1) is 0 Å². The number of Topliss-reactive ketones (excluding diaryl/α,β-unsaturated/α-hetero) is 1. The summed E-state index contributed by atoms with van der Waals surface area (Å²) < 4.78 is 0. The lowest BCUT2D eigenvalue weighted by molar-refractivity contribution is -0.147. The number of alkyl halides is 1. The predicted octanol–water partition coefficient (Wildman–Crippen LogP) is 2.55. The lowest BCUT2D eigenvalue weighted by atomic mass is 9.98. The Kier molecular flexibility index (Phi) is 5.37. The molecule has 0 fully saturated rings. The van der Waals surface area contributed by atoms with Crippen molar-refractivity contribution in [2.45, 2.75) is 22.8 Å². The average Bonchev–Trinajstić information content (AvgIpc) is 2.35. The topological polar surface area (TPSA) is 74.6 Å². The number of halogens is 1. The highest BCUT2D eigenvalue weighted by Crippen LogP contribution is 2.37. The van der Waals surface area contributed by atoms with Crippen molar-refractivity contribution in [3.8, 4) is 0 Å². The fraction of sp³-hybridized carbons (Fsp3) is 0.333. The van der Waals surface area contributed by atoms with E-state index in [1.165, 1.54) is 24.8 Å². The molecule has 1 aromatic carbocycles. The summed E-state index contributed by atoms with van der Waals surface area (Å²) in [5, 5.41) is 18.6. The lowest BCUT2D eigenvalue weighted by Crippen LogP contribution is -2.15. The summed E-state index contributed by atoms with van der Waals surface area (Å²) in [7, 11) is 0. The molecular weight excluding hydrogens is 320 g/mol. The summed E-state index contributed by atoms with van der Waals surface area (Å²) in [6.45, 7) is 1.41. The van der Waals surface area contributed by atoms with Crippen molar-refractivity contribution in [3.05, 3.63) is 29.3 Å². The molecule has 4 nitrogen and oxygen atoms in total. The molecule has 0 aliphatic heterocycles.